The predicted molar refractivity (Wildman–Crippen MR) is 35.5 cm³/mol. The van der Waals surface area contributed by atoms with Gasteiger partial charge in [-0.15, -0.1) is 0 Å². The van der Waals surface area contributed by atoms with E-state index in [-0.39, 0.29) is 5.69 Å². The van der Waals surface area contributed by atoms with Crippen LogP contribution < -0.4 is 0 Å². The van der Waals surface area contributed by atoms with Crippen LogP contribution in [0.1, 0.15) is 5.56 Å². The number of furan rings is 1. The summed E-state index contributed by atoms with van der Waals surface area (Å²) in [6, 6.07) is 0. The summed E-state index contributed by atoms with van der Waals surface area (Å²) in [5.74, 6) is 0. The topological polar surface area (TPSA) is 56.3 Å². The Balaban J connectivity index is 3.13. The largest absolute Gasteiger partial charge is 0.465 e. The van der Waals surface area contributed by atoms with Gasteiger partial charge in [-0.05, 0) is 0 Å². The van der Waals surface area contributed by atoms with Crippen LogP contribution in [0.5, 0.6) is 0 Å². The molecule has 0 aliphatic carbocycles. The first-order valence-electron chi connectivity index (χ1n) is 2.58. The molecule has 1 aromatic heterocycles. The van der Waals surface area contributed by atoms with E-state index in [9.17, 15) is 10.1 Å². The zero-order chi connectivity index (χ0) is 7.56. The summed E-state index contributed by atoms with van der Waals surface area (Å²) in [4.78, 5) is 9.63. The van der Waals surface area contributed by atoms with Gasteiger partial charge in [-0.2, -0.15) is 0 Å². The van der Waals surface area contributed by atoms with Gasteiger partial charge in [0.2, 0.25) is 0 Å². The maximum absolute atomic E-state index is 10.1. The molecule has 0 spiro atoms. The lowest BCUT2D eigenvalue weighted by molar-refractivity contribution is -0.385. The van der Waals surface area contributed by atoms with Gasteiger partial charge in [0.1, 0.15) is 6.26 Å². The molecule has 1 aromatic rings. The number of hydrogen-bond donors (Lipinski definition) is 0. The van der Waals surface area contributed by atoms with Crippen molar-refractivity contribution in [3.05, 3.63) is 34.8 Å². The quantitative estimate of drug-likeness (QED) is 0.464. The first kappa shape index (κ1) is 6.54. The Hall–Kier alpha value is -1.58. The molecule has 0 amide bonds. The van der Waals surface area contributed by atoms with Gasteiger partial charge in [0.05, 0.1) is 10.5 Å². The van der Waals surface area contributed by atoms with Gasteiger partial charge in [0.25, 0.3) is 0 Å². The van der Waals surface area contributed by atoms with Gasteiger partial charge >= 0.3 is 5.69 Å². The molecular weight excluding hydrogens is 134 g/mol. The van der Waals surface area contributed by atoms with Crippen LogP contribution in [0.3, 0.4) is 0 Å². The SMILES string of the molecule is C=Cc1cocc1[N+](=O)[O-]. The van der Waals surface area contributed by atoms with Crippen molar-refractivity contribution in [2.24, 2.45) is 0 Å². The van der Waals surface area contributed by atoms with Crippen LogP contribution >= 0.6 is 0 Å². The molecule has 10 heavy (non-hydrogen) atoms. The van der Waals surface area contributed by atoms with Gasteiger partial charge in [0.15, 0.2) is 6.26 Å². The molecule has 0 bridgehead atoms. The highest BCUT2D eigenvalue weighted by atomic mass is 16.6. The average molecular weight is 139 g/mol. The monoisotopic (exact) mass is 139 g/mol. The second-order valence-corrected chi connectivity index (χ2v) is 1.67. The van der Waals surface area contributed by atoms with E-state index >= 15 is 0 Å². The average Bonchev–Trinajstić information content (AvgIpc) is 2.33. The minimum absolute atomic E-state index is 0.0463. The minimum Gasteiger partial charge on any atom is -0.465 e. The summed E-state index contributed by atoms with van der Waals surface area (Å²) >= 11 is 0. The number of hydrogen-bond acceptors (Lipinski definition) is 3. The van der Waals surface area contributed by atoms with E-state index in [1.807, 2.05) is 0 Å². The summed E-state index contributed by atoms with van der Waals surface area (Å²) in [6.07, 6.45) is 3.74. The van der Waals surface area contributed by atoms with E-state index in [0.29, 0.717) is 5.56 Å². The molecule has 0 aliphatic rings. The molecule has 1 heterocycles. The van der Waals surface area contributed by atoms with Crippen molar-refractivity contribution in [1.82, 2.24) is 0 Å². The third-order valence-corrected chi connectivity index (χ3v) is 1.09. The fraction of sp³-hybridized carbons (Fsp3) is 0. The summed E-state index contributed by atoms with van der Waals surface area (Å²) in [7, 11) is 0. The highest BCUT2D eigenvalue weighted by Gasteiger charge is 2.12. The minimum atomic E-state index is -0.513. The van der Waals surface area contributed by atoms with Gasteiger partial charge < -0.3 is 4.42 Å². The van der Waals surface area contributed by atoms with Gasteiger partial charge in [-0.25, -0.2) is 0 Å². The van der Waals surface area contributed by atoms with Crippen molar-refractivity contribution in [3.63, 3.8) is 0 Å². The number of nitro groups is 1. The number of nitrogens with zero attached hydrogens (tertiary/aromatic N) is 1. The second kappa shape index (κ2) is 2.34. The van der Waals surface area contributed by atoms with Crippen molar-refractivity contribution in [1.29, 1.82) is 0 Å². The van der Waals surface area contributed by atoms with Crippen LogP contribution in [-0.4, -0.2) is 4.92 Å². The highest BCUT2D eigenvalue weighted by Crippen LogP contribution is 2.19. The molecule has 1 rings (SSSR count). The van der Waals surface area contributed by atoms with Crippen molar-refractivity contribution in [3.8, 4) is 0 Å². The van der Waals surface area contributed by atoms with Crippen LogP contribution in [0.25, 0.3) is 6.08 Å². The van der Waals surface area contributed by atoms with E-state index in [4.69, 9.17) is 0 Å². The molecule has 0 aliphatic heterocycles. The lowest BCUT2D eigenvalue weighted by Crippen LogP contribution is -1.85. The lowest BCUT2D eigenvalue weighted by Gasteiger charge is -1.83. The molecular formula is C6H5NO3. The van der Waals surface area contributed by atoms with Crippen LogP contribution in [0, 0.1) is 10.1 Å². The maximum atomic E-state index is 10.1. The molecule has 4 heteroatoms. The fourth-order valence-electron chi connectivity index (χ4n) is 0.601. The normalized spacial score (nSPS) is 9.20. The Kier molecular flexibility index (Phi) is 1.53. The Morgan fingerprint density at radius 2 is 2.40 bits per heavy atom. The maximum Gasteiger partial charge on any atom is 0.314 e. The molecule has 0 saturated heterocycles. The van der Waals surface area contributed by atoms with Crippen molar-refractivity contribution in [2.75, 3.05) is 0 Å². The molecule has 52 valence electrons. The van der Waals surface area contributed by atoms with Crippen molar-refractivity contribution < 1.29 is 9.34 Å². The fourth-order valence-corrected chi connectivity index (χ4v) is 0.601. The van der Waals surface area contributed by atoms with Crippen molar-refractivity contribution >= 4 is 11.8 Å². The van der Waals surface area contributed by atoms with E-state index in [0.717, 1.165) is 6.26 Å². The Morgan fingerprint density at radius 3 is 2.80 bits per heavy atom. The molecule has 0 unspecified atom stereocenters. The standard InChI is InChI=1S/C6H5NO3/c1-2-5-3-10-4-6(5)7(8)9/h2-4H,1H2. The first-order valence-corrected chi connectivity index (χ1v) is 2.58. The molecule has 0 atom stereocenters. The molecule has 0 radical (unpaired) electrons. The first-order chi connectivity index (χ1) is 4.75. The summed E-state index contributed by atoms with van der Waals surface area (Å²) < 4.78 is 4.58. The van der Waals surface area contributed by atoms with Crippen molar-refractivity contribution in [2.45, 2.75) is 0 Å². The van der Waals surface area contributed by atoms with Crippen LogP contribution in [-0.2, 0) is 0 Å². The summed E-state index contributed by atoms with van der Waals surface area (Å²) in [6.45, 7) is 3.38. The van der Waals surface area contributed by atoms with E-state index < -0.39 is 4.92 Å². The lowest BCUT2D eigenvalue weighted by atomic mass is 10.3. The smallest absolute Gasteiger partial charge is 0.314 e. The van der Waals surface area contributed by atoms with Gasteiger partial charge in [-0.1, -0.05) is 12.7 Å². The zero-order valence-corrected chi connectivity index (χ0v) is 5.11. The highest BCUT2D eigenvalue weighted by molar-refractivity contribution is 5.56. The molecule has 4 nitrogen and oxygen atoms in total. The number of rotatable bonds is 2. The Labute approximate surface area is 56.9 Å². The third kappa shape index (κ3) is 0.907. The summed E-state index contributed by atoms with van der Waals surface area (Å²) in [5.41, 5.74) is 0.361. The predicted octanol–water partition coefficient (Wildman–Crippen LogP) is 1.83. The van der Waals surface area contributed by atoms with E-state index in [1.165, 1.54) is 12.3 Å². The van der Waals surface area contributed by atoms with Gasteiger partial charge in [0, 0.05) is 0 Å². The Bertz CT molecular complexity index is 264. The van der Waals surface area contributed by atoms with Crippen LogP contribution in [0.15, 0.2) is 23.5 Å². The van der Waals surface area contributed by atoms with Crippen LogP contribution in [0.4, 0.5) is 5.69 Å². The molecule has 0 fully saturated rings. The van der Waals surface area contributed by atoms with Gasteiger partial charge in [-0.3, -0.25) is 10.1 Å². The molecule has 0 N–H and O–H groups in total. The molecule has 0 aromatic carbocycles. The second-order valence-electron chi connectivity index (χ2n) is 1.67. The summed E-state index contributed by atoms with van der Waals surface area (Å²) in [5, 5.41) is 10.1. The zero-order valence-electron chi connectivity index (χ0n) is 5.11. The Morgan fingerprint density at radius 1 is 1.70 bits per heavy atom. The third-order valence-electron chi connectivity index (χ3n) is 1.09. The van der Waals surface area contributed by atoms with E-state index in [2.05, 4.69) is 11.0 Å². The van der Waals surface area contributed by atoms with Crippen LogP contribution in [0.2, 0.25) is 0 Å². The molecule has 0 saturated carbocycles. The van der Waals surface area contributed by atoms with E-state index in [1.54, 1.807) is 0 Å².